The Labute approximate surface area is 201 Å². The number of rotatable bonds is 3. The van der Waals surface area contributed by atoms with E-state index < -0.39 is 35.3 Å². The van der Waals surface area contributed by atoms with E-state index in [2.05, 4.69) is 9.88 Å². The van der Waals surface area contributed by atoms with E-state index in [1.54, 1.807) is 27.1 Å². The van der Waals surface area contributed by atoms with Crippen LogP contribution in [0.25, 0.3) is 11.0 Å². The van der Waals surface area contributed by atoms with Crippen molar-refractivity contribution in [2.75, 3.05) is 24.5 Å². The van der Waals surface area contributed by atoms with Crippen LogP contribution in [-0.4, -0.2) is 51.8 Å². The molecule has 0 aliphatic carbocycles. The molecule has 1 fully saturated rings. The van der Waals surface area contributed by atoms with Crippen LogP contribution in [-0.2, 0) is 24.4 Å². The van der Waals surface area contributed by atoms with Crippen LogP contribution in [0.3, 0.4) is 0 Å². The predicted octanol–water partition coefficient (Wildman–Crippen LogP) is 5.40. The van der Waals surface area contributed by atoms with Gasteiger partial charge in [-0.3, -0.25) is 0 Å². The largest absolute Gasteiger partial charge is 0.444 e. The lowest BCUT2D eigenvalue weighted by Gasteiger charge is -2.42. The van der Waals surface area contributed by atoms with Crippen molar-refractivity contribution >= 4 is 22.8 Å². The van der Waals surface area contributed by atoms with Gasteiger partial charge >= 0.3 is 12.3 Å². The number of hydrogen-bond acceptors (Lipinski definition) is 4. The number of halogens is 4. The van der Waals surface area contributed by atoms with Crippen LogP contribution in [0.5, 0.6) is 0 Å². The number of ether oxygens (including phenoxy) is 1. The fourth-order valence-electron chi connectivity index (χ4n) is 4.34. The third-order valence-corrected chi connectivity index (χ3v) is 5.94. The second-order valence-corrected chi connectivity index (χ2v) is 9.85. The van der Waals surface area contributed by atoms with E-state index in [4.69, 9.17) is 4.74 Å². The van der Waals surface area contributed by atoms with Gasteiger partial charge in [-0.1, -0.05) is 0 Å². The smallest absolute Gasteiger partial charge is 0.416 e. The van der Waals surface area contributed by atoms with E-state index in [9.17, 15) is 22.4 Å². The van der Waals surface area contributed by atoms with E-state index in [-0.39, 0.29) is 12.0 Å². The standard InChI is InChI=1S/C25H28F4N4O2/c1-24(2,3)35-23(34)33-8-7-32(19-5-6-21-22(13-19)31(4)15-30-21)14-20(33)11-16-9-17(25(27,28)29)12-18(26)10-16/h5-6,9-10,12-13,15,20H,7-8,11,14H2,1-4H3. The number of hydrogen-bond donors (Lipinski definition) is 0. The zero-order chi connectivity index (χ0) is 25.5. The van der Waals surface area contributed by atoms with Crippen LogP contribution in [0.15, 0.2) is 42.7 Å². The SMILES string of the molecule is Cn1cnc2ccc(N3CCN(C(=O)OC(C)(C)C)C(Cc4cc(F)cc(C(F)(F)F)c4)C3)cc21. The Bertz CT molecular complexity index is 1230. The molecule has 6 nitrogen and oxygen atoms in total. The topological polar surface area (TPSA) is 50.6 Å². The monoisotopic (exact) mass is 492 g/mol. The molecule has 3 aromatic rings. The van der Waals surface area contributed by atoms with Crippen molar-refractivity contribution in [2.24, 2.45) is 7.05 Å². The normalized spacial score (nSPS) is 17.2. The average molecular weight is 493 g/mol. The van der Waals surface area contributed by atoms with Gasteiger partial charge in [-0.25, -0.2) is 14.2 Å². The van der Waals surface area contributed by atoms with Crippen LogP contribution >= 0.6 is 0 Å². The maximum atomic E-state index is 14.1. The number of aromatic nitrogens is 2. The Kier molecular flexibility index (Phi) is 6.42. The van der Waals surface area contributed by atoms with Gasteiger partial charge in [0, 0.05) is 32.4 Å². The van der Waals surface area contributed by atoms with Gasteiger partial charge in [-0.2, -0.15) is 13.2 Å². The summed E-state index contributed by atoms with van der Waals surface area (Å²) in [7, 11) is 1.89. The first-order valence-corrected chi connectivity index (χ1v) is 11.3. The second kappa shape index (κ2) is 9.05. The third-order valence-electron chi connectivity index (χ3n) is 5.94. The molecular weight excluding hydrogens is 464 g/mol. The minimum atomic E-state index is -4.67. The number of carbonyl (C=O) groups is 1. The first kappa shape index (κ1) is 24.8. The molecule has 1 unspecified atom stereocenters. The van der Waals surface area contributed by atoms with Crippen LogP contribution in [0.4, 0.5) is 28.0 Å². The van der Waals surface area contributed by atoms with E-state index >= 15 is 0 Å². The molecule has 2 aromatic carbocycles. The van der Waals surface area contributed by atoms with Crippen molar-refractivity contribution in [3.05, 3.63) is 59.7 Å². The van der Waals surface area contributed by atoms with Crippen LogP contribution < -0.4 is 4.90 Å². The highest BCUT2D eigenvalue weighted by Crippen LogP contribution is 2.32. The van der Waals surface area contributed by atoms with E-state index in [1.165, 1.54) is 4.90 Å². The van der Waals surface area contributed by atoms with Gasteiger partial charge in [-0.15, -0.1) is 0 Å². The number of piperazine rings is 1. The molecule has 1 saturated heterocycles. The minimum Gasteiger partial charge on any atom is -0.444 e. The van der Waals surface area contributed by atoms with Crippen LogP contribution in [0.2, 0.25) is 0 Å². The molecule has 10 heteroatoms. The fraction of sp³-hybridized carbons (Fsp3) is 0.440. The molecule has 0 saturated carbocycles. The number of fused-ring (bicyclic) bond motifs is 1. The van der Waals surface area contributed by atoms with Crippen LogP contribution in [0, 0.1) is 5.82 Å². The Morgan fingerprint density at radius 1 is 1.11 bits per heavy atom. The molecule has 2 heterocycles. The number of benzene rings is 2. The number of imidazole rings is 1. The Hall–Kier alpha value is -3.30. The molecule has 1 atom stereocenters. The molecule has 0 radical (unpaired) electrons. The molecule has 0 N–H and O–H groups in total. The molecule has 4 rings (SSSR count). The zero-order valence-corrected chi connectivity index (χ0v) is 20.1. The number of amides is 1. The van der Waals surface area contributed by atoms with Gasteiger partial charge in [-0.05, 0) is 69.2 Å². The van der Waals surface area contributed by atoms with Gasteiger partial charge in [0.05, 0.1) is 29.0 Å². The first-order chi connectivity index (χ1) is 16.3. The maximum absolute atomic E-state index is 14.1. The molecule has 188 valence electrons. The molecule has 1 aliphatic rings. The summed E-state index contributed by atoms with van der Waals surface area (Å²) in [6.07, 6.45) is -3.44. The summed E-state index contributed by atoms with van der Waals surface area (Å²) in [5.41, 5.74) is 1.08. The summed E-state index contributed by atoms with van der Waals surface area (Å²) < 4.78 is 61.3. The van der Waals surface area contributed by atoms with E-state index in [0.29, 0.717) is 25.7 Å². The average Bonchev–Trinajstić information content (AvgIpc) is 3.11. The summed E-state index contributed by atoms with van der Waals surface area (Å²) in [4.78, 5) is 20.9. The number of alkyl halides is 3. The van der Waals surface area contributed by atoms with Gasteiger partial charge < -0.3 is 19.1 Å². The second-order valence-electron chi connectivity index (χ2n) is 9.85. The Morgan fingerprint density at radius 2 is 1.86 bits per heavy atom. The van der Waals surface area contributed by atoms with Gasteiger partial charge in [0.1, 0.15) is 11.4 Å². The molecule has 0 bridgehead atoms. The van der Waals surface area contributed by atoms with Gasteiger partial charge in [0.15, 0.2) is 0 Å². The Morgan fingerprint density at radius 3 is 2.54 bits per heavy atom. The number of anilines is 1. The van der Waals surface area contributed by atoms with Crippen molar-refractivity contribution in [3.8, 4) is 0 Å². The maximum Gasteiger partial charge on any atom is 0.416 e. The van der Waals surface area contributed by atoms with Crippen molar-refractivity contribution < 1.29 is 27.1 Å². The Balaban J connectivity index is 1.64. The highest BCUT2D eigenvalue weighted by atomic mass is 19.4. The van der Waals surface area contributed by atoms with Crippen molar-refractivity contribution in [2.45, 2.75) is 45.0 Å². The molecule has 1 amide bonds. The van der Waals surface area contributed by atoms with E-state index in [1.807, 2.05) is 29.8 Å². The number of aryl methyl sites for hydroxylation is 1. The zero-order valence-electron chi connectivity index (χ0n) is 20.1. The summed E-state index contributed by atoms with van der Waals surface area (Å²) in [6, 6.07) is 7.81. The van der Waals surface area contributed by atoms with Gasteiger partial charge in [0.2, 0.25) is 0 Å². The van der Waals surface area contributed by atoms with Crippen molar-refractivity contribution in [3.63, 3.8) is 0 Å². The predicted molar refractivity (Wildman–Crippen MR) is 125 cm³/mol. The summed E-state index contributed by atoms with van der Waals surface area (Å²) in [6.45, 7) is 6.42. The molecular formula is C25H28F4N4O2. The molecule has 1 aliphatic heterocycles. The molecule has 35 heavy (non-hydrogen) atoms. The highest BCUT2D eigenvalue weighted by Gasteiger charge is 2.35. The number of carbonyl (C=O) groups excluding carboxylic acids is 1. The highest BCUT2D eigenvalue weighted by molar-refractivity contribution is 5.80. The van der Waals surface area contributed by atoms with Crippen LogP contribution in [0.1, 0.15) is 31.9 Å². The molecule has 0 spiro atoms. The van der Waals surface area contributed by atoms with Gasteiger partial charge in [0.25, 0.3) is 0 Å². The summed E-state index contributed by atoms with van der Waals surface area (Å²) in [5.74, 6) is -0.965. The fourth-order valence-corrected chi connectivity index (χ4v) is 4.34. The number of nitrogens with zero attached hydrogens (tertiary/aromatic N) is 4. The quantitative estimate of drug-likeness (QED) is 0.460. The molecule has 1 aromatic heterocycles. The minimum absolute atomic E-state index is 0.0462. The van der Waals surface area contributed by atoms with Crippen molar-refractivity contribution in [1.82, 2.24) is 14.5 Å². The lowest BCUT2D eigenvalue weighted by molar-refractivity contribution is -0.137. The van der Waals surface area contributed by atoms with E-state index in [0.717, 1.165) is 28.9 Å². The lowest BCUT2D eigenvalue weighted by atomic mass is 9.99. The lowest BCUT2D eigenvalue weighted by Crippen LogP contribution is -2.57. The third kappa shape index (κ3) is 5.68. The van der Waals surface area contributed by atoms with Crippen molar-refractivity contribution in [1.29, 1.82) is 0 Å². The summed E-state index contributed by atoms with van der Waals surface area (Å²) >= 11 is 0. The summed E-state index contributed by atoms with van der Waals surface area (Å²) in [5, 5.41) is 0. The first-order valence-electron chi connectivity index (χ1n) is 11.3.